The van der Waals surface area contributed by atoms with Crippen LogP contribution in [0, 0.1) is 13.8 Å². The molecule has 1 aromatic carbocycles. The number of rotatable bonds is 7. The third-order valence-corrected chi connectivity index (χ3v) is 4.38. The van der Waals surface area contributed by atoms with Gasteiger partial charge in [0.1, 0.15) is 0 Å². The molecule has 3 rings (SSSR count). The Morgan fingerprint density at radius 1 is 1.14 bits per heavy atom. The third kappa shape index (κ3) is 4.79. The van der Waals surface area contributed by atoms with E-state index in [2.05, 4.69) is 52.9 Å². The summed E-state index contributed by atoms with van der Waals surface area (Å²) in [7, 11) is 0. The van der Waals surface area contributed by atoms with Gasteiger partial charge in [0, 0.05) is 18.3 Å². The highest BCUT2D eigenvalue weighted by atomic mass is 16.5. The first-order chi connectivity index (χ1) is 13.6. The predicted octanol–water partition coefficient (Wildman–Crippen LogP) is 3.29. The minimum absolute atomic E-state index is 0.540. The van der Waals surface area contributed by atoms with Gasteiger partial charge in [-0.1, -0.05) is 30.3 Å². The molecular weight excluding hydrogens is 352 g/mol. The lowest BCUT2D eigenvalue weighted by Gasteiger charge is -2.12. The molecule has 28 heavy (non-hydrogen) atoms. The van der Waals surface area contributed by atoms with Crippen molar-refractivity contribution in [2.24, 2.45) is 4.99 Å². The van der Waals surface area contributed by atoms with Gasteiger partial charge in [-0.2, -0.15) is 5.10 Å². The SMILES string of the molecule is CCNC(=NCc1ccccc1-n1nc(C)cc1C)NCc1cc(CC)no1. The van der Waals surface area contributed by atoms with Crippen LogP contribution in [0.1, 0.15) is 42.3 Å². The molecule has 0 aliphatic heterocycles. The number of guanidine groups is 1. The van der Waals surface area contributed by atoms with E-state index in [0.717, 1.165) is 53.0 Å². The molecule has 0 fully saturated rings. The van der Waals surface area contributed by atoms with Crippen molar-refractivity contribution in [2.45, 2.75) is 47.2 Å². The number of nitrogens with zero attached hydrogens (tertiary/aromatic N) is 4. The molecule has 3 aromatic rings. The van der Waals surface area contributed by atoms with E-state index in [9.17, 15) is 0 Å². The molecule has 0 aliphatic rings. The van der Waals surface area contributed by atoms with Gasteiger partial charge in [-0.05, 0) is 44.9 Å². The van der Waals surface area contributed by atoms with Crippen molar-refractivity contribution in [1.82, 2.24) is 25.6 Å². The Hall–Kier alpha value is -3.09. The van der Waals surface area contributed by atoms with Gasteiger partial charge in [0.2, 0.25) is 0 Å². The molecule has 2 heterocycles. The van der Waals surface area contributed by atoms with Crippen LogP contribution < -0.4 is 10.6 Å². The van der Waals surface area contributed by atoms with Crippen LogP contribution in [0.2, 0.25) is 0 Å². The number of aliphatic imine (C=N–C) groups is 1. The van der Waals surface area contributed by atoms with Gasteiger partial charge >= 0.3 is 0 Å². The number of benzene rings is 1. The second kappa shape index (κ2) is 9.21. The molecule has 0 saturated heterocycles. The molecule has 0 bridgehead atoms. The Labute approximate surface area is 165 Å². The number of para-hydroxylation sites is 1. The Morgan fingerprint density at radius 2 is 1.96 bits per heavy atom. The number of aryl methyl sites for hydroxylation is 3. The van der Waals surface area contributed by atoms with Crippen molar-refractivity contribution in [3.05, 3.63) is 64.8 Å². The van der Waals surface area contributed by atoms with Crippen LogP contribution >= 0.6 is 0 Å². The van der Waals surface area contributed by atoms with Crippen LogP contribution in [0.3, 0.4) is 0 Å². The highest BCUT2D eigenvalue weighted by Crippen LogP contribution is 2.17. The molecular formula is C21H28N6O. The lowest BCUT2D eigenvalue weighted by molar-refractivity contribution is 0.374. The maximum absolute atomic E-state index is 5.33. The van der Waals surface area contributed by atoms with Crippen molar-refractivity contribution in [2.75, 3.05) is 6.54 Å². The summed E-state index contributed by atoms with van der Waals surface area (Å²) >= 11 is 0. The minimum atomic E-state index is 0.540. The molecule has 7 nitrogen and oxygen atoms in total. The first kappa shape index (κ1) is 19.7. The van der Waals surface area contributed by atoms with Gasteiger partial charge in [-0.15, -0.1) is 0 Å². The molecule has 7 heteroatoms. The van der Waals surface area contributed by atoms with Gasteiger partial charge in [0.25, 0.3) is 0 Å². The molecule has 2 aromatic heterocycles. The standard InChI is InChI=1S/C21H28N6O/c1-5-18-12-19(28-26-18)14-24-21(22-6-2)23-13-17-9-7-8-10-20(17)27-16(4)11-15(3)25-27/h7-12H,5-6,13-14H2,1-4H3,(H2,22,23,24). The van der Waals surface area contributed by atoms with E-state index in [4.69, 9.17) is 9.52 Å². The fourth-order valence-electron chi connectivity index (χ4n) is 3.01. The molecule has 0 unspecified atom stereocenters. The monoisotopic (exact) mass is 380 g/mol. The summed E-state index contributed by atoms with van der Waals surface area (Å²) in [5.74, 6) is 1.53. The topological polar surface area (TPSA) is 80.3 Å². The largest absolute Gasteiger partial charge is 0.359 e. The van der Waals surface area contributed by atoms with Crippen LogP contribution in [0.25, 0.3) is 5.69 Å². The molecule has 0 atom stereocenters. The Balaban J connectivity index is 1.75. The van der Waals surface area contributed by atoms with Gasteiger partial charge in [0.15, 0.2) is 11.7 Å². The van der Waals surface area contributed by atoms with Crippen LogP contribution in [0.5, 0.6) is 0 Å². The molecule has 0 saturated carbocycles. The predicted molar refractivity (Wildman–Crippen MR) is 111 cm³/mol. The Bertz CT molecular complexity index is 940. The van der Waals surface area contributed by atoms with E-state index < -0.39 is 0 Å². The van der Waals surface area contributed by atoms with Crippen molar-refractivity contribution >= 4 is 5.96 Å². The number of hydrogen-bond acceptors (Lipinski definition) is 4. The van der Waals surface area contributed by atoms with Gasteiger partial charge in [0.05, 0.1) is 30.2 Å². The molecule has 0 amide bonds. The lowest BCUT2D eigenvalue weighted by Crippen LogP contribution is -2.36. The van der Waals surface area contributed by atoms with Gasteiger partial charge in [-0.3, -0.25) is 0 Å². The molecule has 0 radical (unpaired) electrons. The molecule has 0 spiro atoms. The smallest absolute Gasteiger partial charge is 0.191 e. The average Bonchev–Trinajstić information content (AvgIpc) is 3.29. The van der Waals surface area contributed by atoms with Crippen molar-refractivity contribution in [3.63, 3.8) is 0 Å². The maximum atomic E-state index is 5.33. The summed E-state index contributed by atoms with van der Waals surface area (Å²) < 4.78 is 7.31. The zero-order chi connectivity index (χ0) is 19.9. The van der Waals surface area contributed by atoms with E-state index in [1.807, 2.05) is 36.7 Å². The summed E-state index contributed by atoms with van der Waals surface area (Å²) in [6.45, 7) is 10.0. The van der Waals surface area contributed by atoms with E-state index in [0.29, 0.717) is 13.1 Å². The van der Waals surface area contributed by atoms with Crippen LogP contribution in [-0.2, 0) is 19.5 Å². The zero-order valence-corrected chi connectivity index (χ0v) is 17.0. The number of aromatic nitrogens is 3. The minimum Gasteiger partial charge on any atom is -0.359 e. The zero-order valence-electron chi connectivity index (χ0n) is 17.0. The summed E-state index contributed by atoms with van der Waals surface area (Å²) in [4.78, 5) is 4.74. The van der Waals surface area contributed by atoms with Crippen molar-refractivity contribution in [3.8, 4) is 5.69 Å². The lowest BCUT2D eigenvalue weighted by atomic mass is 10.2. The Morgan fingerprint density at radius 3 is 2.64 bits per heavy atom. The van der Waals surface area contributed by atoms with Crippen LogP contribution in [0.15, 0.2) is 45.9 Å². The van der Waals surface area contributed by atoms with E-state index >= 15 is 0 Å². The Kier molecular flexibility index (Phi) is 6.47. The average molecular weight is 380 g/mol. The fourth-order valence-corrected chi connectivity index (χ4v) is 3.01. The number of hydrogen-bond donors (Lipinski definition) is 2. The second-order valence-corrected chi connectivity index (χ2v) is 6.65. The number of nitrogens with one attached hydrogen (secondary N) is 2. The first-order valence-corrected chi connectivity index (χ1v) is 9.68. The van der Waals surface area contributed by atoms with Crippen LogP contribution in [-0.4, -0.2) is 27.4 Å². The summed E-state index contributed by atoms with van der Waals surface area (Å²) in [6.07, 6.45) is 0.862. The highest BCUT2D eigenvalue weighted by Gasteiger charge is 2.09. The summed E-state index contributed by atoms with van der Waals surface area (Å²) in [5.41, 5.74) is 5.23. The van der Waals surface area contributed by atoms with E-state index in [1.54, 1.807) is 0 Å². The summed E-state index contributed by atoms with van der Waals surface area (Å²) in [6, 6.07) is 12.3. The van der Waals surface area contributed by atoms with Gasteiger partial charge < -0.3 is 15.2 Å². The molecule has 0 aliphatic carbocycles. The van der Waals surface area contributed by atoms with Crippen molar-refractivity contribution < 1.29 is 4.52 Å². The molecule has 148 valence electrons. The maximum Gasteiger partial charge on any atom is 0.191 e. The highest BCUT2D eigenvalue weighted by molar-refractivity contribution is 5.79. The fraction of sp³-hybridized carbons (Fsp3) is 0.381. The van der Waals surface area contributed by atoms with E-state index in [1.165, 1.54) is 0 Å². The normalized spacial score (nSPS) is 11.6. The van der Waals surface area contributed by atoms with Crippen LogP contribution in [0.4, 0.5) is 0 Å². The first-order valence-electron chi connectivity index (χ1n) is 9.68. The quantitative estimate of drug-likeness (QED) is 0.486. The molecule has 2 N–H and O–H groups in total. The van der Waals surface area contributed by atoms with E-state index in [-0.39, 0.29) is 0 Å². The third-order valence-electron chi connectivity index (χ3n) is 4.38. The summed E-state index contributed by atoms with van der Waals surface area (Å²) in [5, 5.41) is 15.2. The van der Waals surface area contributed by atoms with Crippen molar-refractivity contribution in [1.29, 1.82) is 0 Å². The second-order valence-electron chi connectivity index (χ2n) is 6.65. The van der Waals surface area contributed by atoms with Gasteiger partial charge in [-0.25, -0.2) is 9.67 Å².